The summed E-state index contributed by atoms with van der Waals surface area (Å²) in [4.78, 5) is 0. The number of aliphatic hydroxyl groups is 1. The van der Waals surface area contributed by atoms with Crippen LogP contribution in [0.4, 0.5) is 5.69 Å². The summed E-state index contributed by atoms with van der Waals surface area (Å²) >= 11 is 0. The third kappa shape index (κ3) is 1.66. The normalized spacial score (nSPS) is 27.8. The molecule has 1 saturated heterocycles. The lowest BCUT2D eigenvalue weighted by atomic mass is 10.0. The number of nitrogen functional groups attached to an aromatic ring is 1. The number of nitrogens with one attached hydrogen (secondary N) is 1. The van der Waals surface area contributed by atoms with Gasteiger partial charge in [0.1, 0.15) is 0 Å². The molecule has 1 heterocycles. The maximum Gasteiger partial charge on any atom is 0.0747 e. The number of anilines is 1. The molecular formula is C10H14N2O. The predicted molar refractivity (Wildman–Crippen MR) is 52.2 cm³/mol. The summed E-state index contributed by atoms with van der Waals surface area (Å²) in [5, 5.41) is 12.9. The maximum absolute atomic E-state index is 9.62. The molecule has 0 radical (unpaired) electrons. The Morgan fingerprint density at radius 2 is 2.00 bits per heavy atom. The van der Waals surface area contributed by atoms with Gasteiger partial charge in [-0.05, 0) is 30.7 Å². The van der Waals surface area contributed by atoms with Gasteiger partial charge >= 0.3 is 0 Å². The van der Waals surface area contributed by atoms with Crippen LogP contribution in [0.25, 0.3) is 0 Å². The highest BCUT2D eigenvalue weighted by Gasteiger charge is 2.25. The molecule has 0 aromatic heterocycles. The Labute approximate surface area is 77.6 Å². The number of hydrogen-bond donors (Lipinski definition) is 3. The highest BCUT2D eigenvalue weighted by atomic mass is 16.3. The summed E-state index contributed by atoms with van der Waals surface area (Å²) in [5.41, 5.74) is 7.45. The van der Waals surface area contributed by atoms with E-state index >= 15 is 0 Å². The van der Waals surface area contributed by atoms with Gasteiger partial charge in [-0.2, -0.15) is 0 Å². The second-order valence-electron chi connectivity index (χ2n) is 3.45. The molecule has 0 aliphatic carbocycles. The molecule has 1 fully saturated rings. The van der Waals surface area contributed by atoms with Crippen molar-refractivity contribution >= 4 is 5.69 Å². The average molecular weight is 178 g/mol. The van der Waals surface area contributed by atoms with Crippen LogP contribution >= 0.6 is 0 Å². The Hall–Kier alpha value is -1.06. The average Bonchev–Trinajstić information content (AvgIpc) is 2.53. The van der Waals surface area contributed by atoms with E-state index in [2.05, 4.69) is 5.32 Å². The minimum Gasteiger partial charge on any atom is -0.399 e. The molecule has 0 saturated carbocycles. The van der Waals surface area contributed by atoms with Crippen LogP contribution in [0.1, 0.15) is 18.0 Å². The lowest BCUT2D eigenvalue weighted by Crippen LogP contribution is -2.20. The lowest BCUT2D eigenvalue weighted by molar-refractivity contribution is 0.160. The Balaban J connectivity index is 2.20. The van der Waals surface area contributed by atoms with E-state index in [0.717, 1.165) is 24.2 Å². The molecule has 0 amide bonds. The van der Waals surface area contributed by atoms with Crippen molar-refractivity contribution in [3.63, 3.8) is 0 Å². The van der Waals surface area contributed by atoms with Gasteiger partial charge in [0, 0.05) is 5.69 Å². The zero-order chi connectivity index (χ0) is 9.26. The minimum absolute atomic E-state index is 0.0839. The summed E-state index contributed by atoms with van der Waals surface area (Å²) in [6.45, 7) is 0.885. The number of rotatable bonds is 1. The smallest absolute Gasteiger partial charge is 0.0747 e. The number of aliphatic hydroxyl groups excluding tert-OH is 1. The topological polar surface area (TPSA) is 58.3 Å². The van der Waals surface area contributed by atoms with E-state index in [9.17, 15) is 5.11 Å². The Morgan fingerprint density at radius 3 is 2.54 bits per heavy atom. The van der Waals surface area contributed by atoms with E-state index in [1.54, 1.807) is 0 Å². The van der Waals surface area contributed by atoms with Gasteiger partial charge in [0.25, 0.3) is 0 Å². The van der Waals surface area contributed by atoms with Gasteiger partial charge in [0.05, 0.1) is 12.1 Å². The molecule has 0 spiro atoms. The molecule has 4 N–H and O–H groups in total. The number of benzene rings is 1. The molecule has 1 aromatic carbocycles. The second-order valence-corrected chi connectivity index (χ2v) is 3.45. The standard InChI is InChI=1S/C10H14N2O/c11-8-3-1-7(2-4-8)10-9(13)5-6-12-10/h1-4,9-10,12-13H,5-6,11H2. The fourth-order valence-electron chi connectivity index (χ4n) is 1.73. The van der Waals surface area contributed by atoms with Gasteiger partial charge in [-0.1, -0.05) is 12.1 Å². The van der Waals surface area contributed by atoms with E-state index in [-0.39, 0.29) is 12.1 Å². The van der Waals surface area contributed by atoms with Crippen molar-refractivity contribution in [2.24, 2.45) is 0 Å². The van der Waals surface area contributed by atoms with Crippen LogP contribution in [0, 0.1) is 0 Å². The second kappa shape index (κ2) is 3.36. The third-order valence-corrected chi connectivity index (χ3v) is 2.48. The molecule has 70 valence electrons. The maximum atomic E-state index is 9.62. The van der Waals surface area contributed by atoms with Crippen molar-refractivity contribution in [2.45, 2.75) is 18.6 Å². The summed E-state index contributed by atoms with van der Waals surface area (Å²) in [6.07, 6.45) is 0.568. The summed E-state index contributed by atoms with van der Waals surface area (Å²) in [6, 6.07) is 7.73. The molecule has 3 nitrogen and oxygen atoms in total. The quantitative estimate of drug-likeness (QED) is 0.554. The van der Waals surface area contributed by atoms with Gasteiger partial charge in [0.2, 0.25) is 0 Å². The first-order valence-electron chi connectivity index (χ1n) is 4.54. The van der Waals surface area contributed by atoms with Crippen LogP contribution in [0.15, 0.2) is 24.3 Å². The van der Waals surface area contributed by atoms with E-state index in [0.29, 0.717) is 0 Å². The van der Waals surface area contributed by atoms with E-state index in [4.69, 9.17) is 5.73 Å². The van der Waals surface area contributed by atoms with Gasteiger partial charge in [0.15, 0.2) is 0 Å². The molecule has 1 aromatic rings. The first kappa shape index (κ1) is 8.53. The Morgan fingerprint density at radius 1 is 1.31 bits per heavy atom. The first-order chi connectivity index (χ1) is 6.27. The summed E-state index contributed by atoms with van der Waals surface area (Å²) in [7, 11) is 0. The molecule has 1 aliphatic heterocycles. The molecule has 0 bridgehead atoms. The lowest BCUT2D eigenvalue weighted by Gasteiger charge is -2.14. The van der Waals surface area contributed by atoms with E-state index < -0.39 is 0 Å². The minimum atomic E-state index is -0.261. The highest BCUT2D eigenvalue weighted by Crippen LogP contribution is 2.23. The zero-order valence-corrected chi connectivity index (χ0v) is 7.40. The fraction of sp³-hybridized carbons (Fsp3) is 0.400. The van der Waals surface area contributed by atoms with Gasteiger partial charge in [-0.25, -0.2) is 0 Å². The monoisotopic (exact) mass is 178 g/mol. The van der Waals surface area contributed by atoms with Crippen LogP contribution in [0.3, 0.4) is 0 Å². The van der Waals surface area contributed by atoms with Gasteiger partial charge in [-0.15, -0.1) is 0 Å². The highest BCUT2D eigenvalue weighted by molar-refractivity contribution is 5.40. The van der Waals surface area contributed by atoms with Crippen LogP contribution in [0.2, 0.25) is 0 Å². The molecule has 2 rings (SSSR count). The SMILES string of the molecule is Nc1ccc(C2NCCC2O)cc1. The van der Waals surface area contributed by atoms with E-state index in [1.165, 1.54) is 0 Å². The van der Waals surface area contributed by atoms with E-state index in [1.807, 2.05) is 24.3 Å². The van der Waals surface area contributed by atoms with Crippen LogP contribution in [-0.2, 0) is 0 Å². The van der Waals surface area contributed by atoms with Crippen LogP contribution in [-0.4, -0.2) is 17.8 Å². The van der Waals surface area contributed by atoms with Crippen molar-refractivity contribution in [2.75, 3.05) is 12.3 Å². The van der Waals surface area contributed by atoms with Crippen molar-refractivity contribution in [1.82, 2.24) is 5.32 Å². The predicted octanol–water partition coefficient (Wildman–Crippen LogP) is 0.664. The van der Waals surface area contributed by atoms with Crippen molar-refractivity contribution < 1.29 is 5.11 Å². The third-order valence-electron chi connectivity index (χ3n) is 2.48. The molecule has 1 aliphatic rings. The molecule has 13 heavy (non-hydrogen) atoms. The van der Waals surface area contributed by atoms with Crippen LogP contribution < -0.4 is 11.1 Å². The first-order valence-corrected chi connectivity index (χ1v) is 4.54. The van der Waals surface area contributed by atoms with Gasteiger partial charge in [-0.3, -0.25) is 0 Å². The fourth-order valence-corrected chi connectivity index (χ4v) is 1.73. The Kier molecular flexibility index (Phi) is 2.20. The number of hydrogen-bond acceptors (Lipinski definition) is 3. The summed E-state index contributed by atoms with van der Waals surface area (Å²) < 4.78 is 0. The zero-order valence-electron chi connectivity index (χ0n) is 7.40. The van der Waals surface area contributed by atoms with Gasteiger partial charge < -0.3 is 16.2 Å². The Bertz CT molecular complexity index is 283. The van der Waals surface area contributed by atoms with Crippen molar-refractivity contribution in [3.05, 3.63) is 29.8 Å². The number of nitrogens with two attached hydrogens (primary N) is 1. The largest absolute Gasteiger partial charge is 0.399 e. The van der Waals surface area contributed by atoms with Crippen molar-refractivity contribution in [1.29, 1.82) is 0 Å². The van der Waals surface area contributed by atoms with Crippen LogP contribution in [0.5, 0.6) is 0 Å². The summed E-state index contributed by atoms with van der Waals surface area (Å²) in [5.74, 6) is 0. The molecule has 3 heteroatoms. The molecule has 2 unspecified atom stereocenters. The van der Waals surface area contributed by atoms with Crippen molar-refractivity contribution in [3.8, 4) is 0 Å². The molecular weight excluding hydrogens is 164 g/mol. The molecule has 2 atom stereocenters.